The van der Waals surface area contributed by atoms with Crippen molar-refractivity contribution in [2.75, 3.05) is 7.05 Å². The lowest BCUT2D eigenvalue weighted by atomic mass is 10.1. The van der Waals surface area contributed by atoms with Gasteiger partial charge < -0.3 is 10.6 Å². The van der Waals surface area contributed by atoms with Gasteiger partial charge in [-0.2, -0.15) is 0 Å². The highest BCUT2D eigenvalue weighted by Gasteiger charge is 2.11. The number of aliphatic imine (C=N–C) groups is 1. The Hall–Kier alpha value is -1.10. The van der Waals surface area contributed by atoms with Crippen LogP contribution in [-0.2, 0) is 6.54 Å². The van der Waals surface area contributed by atoms with Gasteiger partial charge in [0.2, 0.25) is 0 Å². The van der Waals surface area contributed by atoms with Gasteiger partial charge in [-0.15, -0.1) is 11.3 Å². The quantitative estimate of drug-likeness (QED) is 0.644. The molecule has 0 aliphatic rings. The van der Waals surface area contributed by atoms with Gasteiger partial charge in [0.05, 0.1) is 12.2 Å². The third-order valence-electron chi connectivity index (χ3n) is 3.05. The standard InChI is InChI=1S/C14H26N4S/c1-7-10(4)17-14(15-6)16-8-12-18-13(9(2)3)11(5)19-12/h9-10H,7-8H2,1-6H3,(H2,15,16,17). The van der Waals surface area contributed by atoms with E-state index in [0.717, 1.165) is 23.9 Å². The molecule has 1 aromatic rings. The molecule has 0 aliphatic heterocycles. The lowest BCUT2D eigenvalue weighted by Crippen LogP contribution is -2.41. The van der Waals surface area contributed by atoms with Gasteiger partial charge >= 0.3 is 0 Å². The van der Waals surface area contributed by atoms with Crippen molar-refractivity contribution in [2.24, 2.45) is 4.99 Å². The van der Waals surface area contributed by atoms with Crippen molar-refractivity contribution < 1.29 is 0 Å². The number of rotatable bonds is 5. The van der Waals surface area contributed by atoms with Crippen molar-refractivity contribution in [3.05, 3.63) is 15.6 Å². The first-order chi connectivity index (χ1) is 8.97. The van der Waals surface area contributed by atoms with Crippen molar-refractivity contribution in [3.8, 4) is 0 Å². The molecule has 0 saturated heterocycles. The summed E-state index contributed by atoms with van der Waals surface area (Å²) in [5.74, 6) is 1.33. The molecule has 5 heteroatoms. The molecule has 19 heavy (non-hydrogen) atoms. The topological polar surface area (TPSA) is 49.3 Å². The Kier molecular flexibility index (Phi) is 6.28. The zero-order valence-electron chi connectivity index (χ0n) is 12.9. The van der Waals surface area contributed by atoms with Crippen LogP contribution in [0.5, 0.6) is 0 Å². The number of hydrogen-bond donors (Lipinski definition) is 2. The summed E-state index contributed by atoms with van der Waals surface area (Å²) in [5.41, 5.74) is 1.21. The number of guanidine groups is 1. The smallest absolute Gasteiger partial charge is 0.191 e. The van der Waals surface area contributed by atoms with Crippen LogP contribution in [0.4, 0.5) is 0 Å². The van der Waals surface area contributed by atoms with Crippen LogP contribution in [0.3, 0.4) is 0 Å². The molecule has 0 aliphatic carbocycles. The maximum Gasteiger partial charge on any atom is 0.191 e. The van der Waals surface area contributed by atoms with Crippen molar-refractivity contribution in [1.29, 1.82) is 0 Å². The van der Waals surface area contributed by atoms with Crippen LogP contribution < -0.4 is 10.6 Å². The molecule has 0 fully saturated rings. The molecule has 0 saturated carbocycles. The van der Waals surface area contributed by atoms with Gasteiger partial charge in [0.25, 0.3) is 0 Å². The van der Waals surface area contributed by atoms with Crippen LogP contribution in [0.2, 0.25) is 0 Å². The second kappa shape index (κ2) is 7.48. The lowest BCUT2D eigenvalue weighted by Gasteiger charge is -2.15. The fourth-order valence-electron chi connectivity index (χ4n) is 1.77. The fraction of sp³-hybridized carbons (Fsp3) is 0.714. The molecular weight excluding hydrogens is 256 g/mol. The molecule has 0 spiro atoms. The highest BCUT2D eigenvalue weighted by Crippen LogP contribution is 2.23. The maximum atomic E-state index is 4.69. The molecule has 1 heterocycles. The number of thiazole rings is 1. The predicted molar refractivity (Wildman–Crippen MR) is 84.0 cm³/mol. The van der Waals surface area contributed by atoms with E-state index in [-0.39, 0.29) is 0 Å². The predicted octanol–water partition coefficient (Wildman–Crippen LogP) is 3.04. The van der Waals surface area contributed by atoms with E-state index in [4.69, 9.17) is 0 Å². The summed E-state index contributed by atoms with van der Waals surface area (Å²) in [6, 6.07) is 0.426. The summed E-state index contributed by atoms with van der Waals surface area (Å²) in [6.45, 7) is 11.5. The van der Waals surface area contributed by atoms with E-state index in [0.29, 0.717) is 12.0 Å². The molecule has 2 N–H and O–H groups in total. The average Bonchev–Trinajstić information content (AvgIpc) is 2.75. The summed E-state index contributed by atoms with van der Waals surface area (Å²) in [7, 11) is 1.80. The van der Waals surface area contributed by atoms with Crippen LogP contribution in [0, 0.1) is 6.92 Å². The third kappa shape index (κ3) is 4.82. The zero-order chi connectivity index (χ0) is 14.4. The average molecular weight is 282 g/mol. The van der Waals surface area contributed by atoms with E-state index in [9.17, 15) is 0 Å². The summed E-state index contributed by atoms with van der Waals surface area (Å²) >= 11 is 1.76. The summed E-state index contributed by atoms with van der Waals surface area (Å²) in [4.78, 5) is 10.2. The molecule has 108 valence electrons. The minimum atomic E-state index is 0.426. The highest BCUT2D eigenvalue weighted by atomic mass is 32.1. The molecule has 0 amide bonds. The molecule has 0 bridgehead atoms. The summed E-state index contributed by atoms with van der Waals surface area (Å²) < 4.78 is 0. The van der Waals surface area contributed by atoms with Crippen LogP contribution >= 0.6 is 11.3 Å². The van der Waals surface area contributed by atoms with Crippen LogP contribution in [0.25, 0.3) is 0 Å². The van der Waals surface area contributed by atoms with Gasteiger partial charge in [-0.3, -0.25) is 4.99 Å². The Balaban J connectivity index is 2.58. The lowest BCUT2D eigenvalue weighted by molar-refractivity contribution is 0.623. The van der Waals surface area contributed by atoms with Gasteiger partial charge in [-0.25, -0.2) is 4.98 Å². The first-order valence-electron chi connectivity index (χ1n) is 6.91. The largest absolute Gasteiger partial charge is 0.354 e. The number of nitrogens with zero attached hydrogens (tertiary/aromatic N) is 2. The van der Waals surface area contributed by atoms with E-state index >= 15 is 0 Å². The monoisotopic (exact) mass is 282 g/mol. The van der Waals surface area contributed by atoms with Gasteiger partial charge in [0.1, 0.15) is 5.01 Å². The van der Waals surface area contributed by atoms with Crippen molar-refractivity contribution in [2.45, 2.75) is 59.5 Å². The normalized spacial score (nSPS) is 13.7. The van der Waals surface area contributed by atoms with Crippen LogP contribution in [0.1, 0.15) is 55.6 Å². The van der Waals surface area contributed by atoms with Gasteiger partial charge in [-0.1, -0.05) is 20.8 Å². The van der Waals surface area contributed by atoms with Crippen molar-refractivity contribution in [3.63, 3.8) is 0 Å². The number of nitrogens with one attached hydrogen (secondary N) is 2. The van der Waals surface area contributed by atoms with E-state index in [1.165, 1.54) is 10.6 Å². The Morgan fingerprint density at radius 1 is 1.37 bits per heavy atom. The zero-order valence-corrected chi connectivity index (χ0v) is 13.7. The number of aromatic nitrogens is 1. The minimum Gasteiger partial charge on any atom is -0.354 e. The van der Waals surface area contributed by atoms with E-state index < -0.39 is 0 Å². The second-order valence-corrected chi connectivity index (χ2v) is 6.37. The molecule has 1 rings (SSSR count). The Labute approximate surface area is 120 Å². The van der Waals surface area contributed by atoms with Crippen LogP contribution in [0.15, 0.2) is 4.99 Å². The first kappa shape index (κ1) is 16.0. The van der Waals surface area contributed by atoms with Crippen molar-refractivity contribution in [1.82, 2.24) is 15.6 Å². The fourth-order valence-corrected chi connectivity index (χ4v) is 2.79. The van der Waals surface area contributed by atoms with E-state index in [1.54, 1.807) is 18.4 Å². The summed E-state index contributed by atoms with van der Waals surface area (Å²) in [6.07, 6.45) is 1.08. The SMILES string of the molecule is CCC(C)NC(=NC)NCc1nc(C(C)C)c(C)s1. The molecule has 1 unspecified atom stereocenters. The maximum absolute atomic E-state index is 4.69. The van der Waals surface area contributed by atoms with Crippen LogP contribution in [-0.4, -0.2) is 24.0 Å². The van der Waals surface area contributed by atoms with Gasteiger partial charge in [-0.05, 0) is 26.2 Å². The Bertz CT molecular complexity index is 423. The summed E-state index contributed by atoms with van der Waals surface area (Å²) in [5, 5.41) is 7.78. The van der Waals surface area contributed by atoms with Crippen molar-refractivity contribution >= 4 is 17.3 Å². The van der Waals surface area contributed by atoms with Gasteiger partial charge in [0, 0.05) is 18.0 Å². The molecule has 1 aromatic heterocycles. The molecule has 1 atom stereocenters. The molecule has 4 nitrogen and oxygen atoms in total. The molecule has 0 radical (unpaired) electrons. The Morgan fingerprint density at radius 3 is 2.53 bits per heavy atom. The van der Waals surface area contributed by atoms with E-state index in [1.807, 2.05) is 0 Å². The molecule has 0 aromatic carbocycles. The molecular formula is C14H26N4S. The number of hydrogen-bond acceptors (Lipinski definition) is 3. The third-order valence-corrected chi connectivity index (χ3v) is 4.04. The van der Waals surface area contributed by atoms with Gasteiger partial charge in [0.15, 0.2) is 5.96 Å². The van der Waals surface area contributed by atoms with E-state index in [2.05, 4.69) is 55.2 Å². The first-order valence-corrected chi connectivity index (χ1v) is 7.72. The second-order valence-electron chi connectivity index (χ2n) is 5.08. The Morgan fingerprint density at radius 2 is 2.05 bits per heavy atom. The highest BCUT2D eigenvalue weighted by molar-refractivity contribution is 7.11. The minimum absolute atomic E-state index is 0.426. The number of aryl methyl sites for hydroxylation is 1.